The molecule has 0 bridgehead atoms. The molecule has 6 nitrogen and oxygen atoms in total. The number of hydrogen-bond donors (Lipinski definition) is 2. The van der Waals surface area contributed by atoms with E-state index in [-0.39, 0.29) is 18.0 Å². The van der Waals surface area contributed by atoms with Crippen molar-refractivity contribution in [2.45, 2.75) is 69.3 Å². The van der Waals surface area contributed by atoms with Crippen molar-refractivity contribution in [3.8, 4) is 0 Å². The molecular weight excluding hydrogens is 412 g/mol. The number of nitrogens with zero attached hydrogens (tertiary/aromatic N) is 2. The van der Waals surface area contributed by atoms with Gasteiger partial charge in [-0.3, -0.25) is 9.69 Å². The van der Waals surface area contributed by atoms with Crippen molar-refractivity contribution in [1.82, 2.24) is 15.5 Å². The van der Waals surface area contributed by atoms with Crippen LogP contribution in [-0.4, -0.2) is 47.3 Å². The molecule has 2 heterocycles. The minimum absolute atomic E-state index is 0.0548. The lowest BCUT2D eigenvalue weighted by Crippen LogP contribution is -2.61. The van der Waals surface area contributed by atoms with E-state index in [4.69, 9.17) is 4.84 Å². The van der Waals surface area contributed by atoms with Crippen LogP contribution in [0.2, 0.25) is 0 Å². The summed E-state index contributed by atoms with van der Waals surface area (Å²) < 4.78 is 0. The maximum Gasteiger partial charge on any atom is 0.269 e. The summed E-state index contributed by atoms with van der Waals surface area (Å²) in [4.78, 5) is 21.5. The zero-order valence-electron chi connectivity index (χ0n) is 19.2. The lowest BCUT2D eigenvalue weighted by molar-refractivity contribution is -0.115. The molecule has 2 aromatic carbocycles. The number of piperidine rings is 1. The molecule has 2 unspecified atom stereocenters. The van der Waals surface area contributed by atoms with E-state index in [2.05, 4.69) is 69.2 Å². The van der Waals surface area contributed by atoms with Gasteiger partial charge in [0.15, 0.2) is 5.60 Å². The Kier molecular flexibility index (Phi) is 6.74. The van der Waals surface area contributed by atoms with Crippen LogP contribution in [0, 0.1) is 0 Å². The van der Waals surface area contributed by atoms with Crippen LogP contribution >= 0.6 is 0 Å². The highest BCUT2D eigenvalue weighted by atomic mass is 16.7. The molecule has 2 aromatic rings. The number of amides is 1. The van der Waals surface area contributed by atoms with Crippen molar-refractivity contribution in [2.75, 3.05) is 13.1 Å². The van der Waals surface area contributed by atoms with Gasteiger partial charge in [0.25, 0.3) is 5.91 Å². The summed E-state index contributed by atoms with van der Waals surface area (Å²) in [6, 6.07) is 21.4. The predicted octanol–water partition coefficient (Wildman–Crippen LogP) is 3.62. The molecular formula is C27H34N4O2. The normalized spacial score (nSPS) is 25.7. The molecule has 6 heteroatoms. The Hall–Kier alpha value is -2.70. The van der Waals surface area contributed by atoms with Crippen LogP contribution in [0.15, 0.2) is 65.8 Å². The number of carbonyl (C=O) groups is 1. The quantitative estimate of drug-likeness (QED) is 0.682. The van der Waals surface area contributed by atoms with E-state index in [0.717, 1.165) is 45.4 Å². The Bertz CT molecular complexity index is 959. The molecule has 1 spiro atoms. The zero-order chi connectivity index (χ0) is 22.5. The highest BCUT2D eigenvalue weighted by Crippen LogP contribution is 2.35. The van der Waals surface area contributed by atoms with Crippen LogP contribution in [0.3, 0.4) is 0 Å². The molecule has 33 heavy (non-hydrogen) atoms. The first-order valence-corrected chi connectivity index (χ1v) is 12.3. The average Bonchev–Trinajstić information content (AvgIpc) is 3.51. The second-order valence-electron chi connectivity index (χ2n) is 9.73. The van der Waals surface area contributed by atoms with Gasteiger partial charge >= 0.3 is 0 Å². The van der Waals surface area contributed by atoms with Gasteiger partial charge in [-0.15, -0.1) is 0 Å². The second-order valence-corrected chi connectivity index (χ2v) is 9.73. The summed E-state index contributed by atoms with van der Waals surface area (Å²) in [6.45, 7) is 3.38. The van der Waals surface area contributed by atoms with Crippen molar-refractivity contribution < 1.29 is 9.63 Å². The van der Waals surface area contributed by atoms with E-state index >= 15 is 0 Å². The molecule has 2 atom stereocenters. The Morgan fingerprint density at radius 1 is 1.00 bits per heavy atom. The molecule has 2 fully saturated rings. The summed E-state index contributed by atoms with van der Waals surface area (Å²) >= 11 is 0. The fourth-order valence-corrected chi connectivity index (χ4v) is 5.47. The number of hydrogen-bond acceptors (Lipinski definition) is 5. The van der Waals surface area contributed by atoms with Gasteiger partial charge in [-0.2, -0.15) is 0 Å². The smallest absolute Gasteiger partial charge is 0.269 e. The lowest BCUT2D eigenvalue weighted by atomic mass is 9.82. The van der Waals surface area contributed by atoms with Crippen molar-refractivity contribution in [1.29, 1.82) is 0 Å². The van der Waals surface area contributed by atoms with Crippen molar-refractivity contribution in [3.05, 3.63) is 71.8 Å². The molecule has 2 N–H and O–H groups in total. The highest BCUT2D eigenvalue weighted by molar-refractivity contribution is 6.39. The van der Waals surface area contributed by atoms with Gasteiger partial charge in [0.05, 0.1) is 6.04 Å². The number of rotatable bonds is 7. The van der Waals surface area contributed by atoms with E-state index in [1.165, 1.54) is 24.0 Å². The SMILES string of the molecule is O=C(NC1CCCC1)C1=NOC2(C1)CN(Cc1ccccc1)CCC2NCc1ccccc1. The minimum Gasteiger partial charge on any atom is -0.385 e. The standard InChI is InChI=1S/C27H34N4O2/c32-26(29-23-13-7-8-14-23)24-17-27(33-30-24)20-31(19-22-11-5-2-6-12-22)16-15-25(27)28-18-21-9-3-1-4-10-21/h1-6,9-12,23,25,28H,7-8,13-20H2,(H,29,32). The van der Waals surface area contributed by atoms with Gasteiger partial charge in [-0.25, -0.2) is 0 Å². The maximum atomic E-state index is 12.9. The van der Waals surface area contributed by atoms with E-state index in [1.54, 1.807) is 0 Å². The molecule has 1 amide bonds. The largest absolute Gasteiger partial charge is 0.385 e. The van der Waals surface area contributed by atoms with Crippen LogP contribution in [0.5, 0.6) is 0 Å². The van der Waals surface area contributed by atoms with Crippen LogP contribution in [0.4, 0.5) is 0 Å². The van der Waals surface area contributed by atoms with Crippen LogP contribution < -0.4 is 10.6 Å². The number of benzene rings is 2. The lowest BCUT2D eigenvalue weighted by Gasteiger charge is -2.44. The Morgan fingerprint density at radius 2 is 1.70 bits per heavy atom. The summed E-state index contributed by atoms with van der Waals surface area (Å²) in [5.41, 5.74) is 2.55. The first kappa shape index (κ1) is 22.1. The minimum atomic E-state index is -0.524. The fourth-order valence-electron chi connectivity index (χ4n) is 5.47. The van der Waals surface area contributed by atoms with Crippen LogP contribution in [0.25, 0.3) is 0 Å². The van der Waals surface area contributed by atoms with Gasteiger partial charge in [0.2, 0.25) is 0 Å². The molecule has 174 valence electrons. The van der Waals surface area contributed by atoms with Crippen molar-refractivity contribution >= 4 is 11.6 Å². The van der Waals surface area contributed by atoms with E-state index < -0.39 is 5.60 Å². The molecule has 0 radical (unpaired) electrons. The Balaban J connectivity index is 1.28. The van der Waals surface area contributed by atoms with Gasteiger partial charge in [-0.05, 0) is 30.4 Å². The summed E-state index contributed by atoms with van der Waals surface area (Å²) in [5.74, 6) is -0.0548. The fraction of sp³-hybridized carbons (Fsp3) is 0.481. The molecule has 5 rings (SSSR count). The second kappa shape index (κ2) is 10.1. The first-order chi connectivity index (χ1) is 16.2. The topological polar surface area (TPSA) is 66.0 Å². The van der Waals surface area contributed by atoms with Gasteiger partial charge < -0.3 is 15.5 Å². The van der Waals surface area contributed by atoms with Crippen LogP contribution in [-0.2, 0) is 22.7 Å². The molecule has 3 aliphatic rings. The summed E-state index contributed by atoms with van der Waals surface area (Å²) in [7, 11) is 0. The first-order valence-electron chi connectivity index (χ1n) is 12.3. The van der Waals surface area contributed by atoms with E-state index in [9.17, 15) is 4.79 Å². The monoisotopic (exact) mass is 446 g/mol. The molecule has 0 aromatic heterocycles. The number of oxime groups is 1. The Labute approximate surface area is 196 Å². The third-order valence-electron chi connectivity index (χ3n) is 7.26. The third kappa shape index (κ3) is 5.28. The van der Waals surface area contributed by atoms with E-state index in [1.807, 2.05) is 12.1 Å². The third-order valence-corrected chi connectivity index (χ3v) is 7.26. The average molecular weight is 447 g/mol. The van der Waals surface area contributed by atoms with E-state index in [0.29, 0.717) is 12.1 Å². The maximum absolute atomic E-state index is 12.9. The predicted molar refractivity (Wildman–Crippen MR) is 130 cm³/mol. The Morgan fingerprint density at radius 3 is 2.42 bits per heavy atom. The molecule has 1 saturated carbocycles. The number of likely N-dealkylation sites (tertiary alicyclic amines) is 1. The van der Waals surface area contributed by atoms with Gasteiger partial charge in [-0.1, -0.05) is 78.7 Å². The van der Waals surface area contributed by atoms with Gasteiger partial charge in [0, 0.05) is 38.6 Å². The summed E-state index contributed by atoms with van der Waals surface area (Å²) in [6.07, 6.45) is 6.01. The molecule has 1 aliphatic carbocycles. The number of nitrogens with one attached hydrogen (secondary N) is 2. The number of carbonyl (C=O) groups excluding carboxylic acids is 1. The van der Waals surface area contributed by atoms with Crippen molar-refractivity contribution in [3.63, 3.8) is 0 Å². The highest BCUT2D eigenvalue weighted by Gasteiger charge is 2.51. The molecule has 2 aliphatic heterocycles. The van der Waals surface area contributed by atoms with Crippen molar-refractivity contribution in [2.24, 2.45) is 5.16 Å². The summed E-state index contributed by atoms with van der Waals surface area (Å²) in [5, 5.41) is 11.3. The molecule has 1 saturated heterocycles. The van der Waals surface area contributed by atoms with Crippen LogP contribution in [0.1, 0.15) is 49.7 Å². The van der Waals surface area contributed by atoms with Gasteiger partial charge in [0.1, 0.15) is 5.71 Å². The zero-order valence-corrected chi connectivity index (χ0v) is 19.2.